The Morgan fingerprint density at radius 1 is 1.30 bits per heavy atom. The molecule has 0 bridgehead atoms. The second-order valence-electron chi connectivity index (χ2n) is 6.24. The summed E-state index contributed by atoms with van der Waals surface area (Å²) in [5.74, 6) is -0.289. The number of rotatable bonds is 6. The van der Waals surface area contributed by atoms with Crippen LogP contribution < -0.4 is 4.74 Å². The van der Waals surface area contributed by atoms with Crippen molar-refractivity contribution < 1.29 is 14.3 Å². The van der Waals surface area contributed by atoms with Crippen molar-refractivity contribution >= 4 is 50.5 Å². The van der Waals surface area contributed by atoms with Crippen molar-refractivity contribution in [1.82, 2.24) is 19.4 Å². The van der Waals surface area contributed by atoms with Crippen LogP contribution in [0.1, 0.15) is 35.2 Å². The standard InChI is InChI=1S/C20H16BrClN4O3S/c1-3-28-20(27)17-18(29-11(2)12-6-4-5-7-13(12)22)25-19(30-17)14-8-24-16-9-23-15(21)10-26(14)16/h4-11H,3H2,1-2H3/t11-/m1/s1. The SMILES string of the molecule is CCOC(=O)c1sc(-c2cnc3cnc(Br)cn23)nc1O[C@H](C)c1ccccc1Cl. The zero-order chi connectivity index (χ0) is 21.3. The summed E-state index contributed by atoms with van der Waals surface area (Å²) >= 11 is 10.8. The molecule has 4 aromatic rings. The number of hydrogen-bond acceptors (Lipinski definition) is 7. The molecule has 1 aromatic carbocycles. The summed E-state index contributed by atoms with van der Waals surface area (Å²) in [6.45, 7) is 3.85. The van der Waals surface area contributed by atoms with Crippen molar-refractivity contribution in [3.63, 3.8) is 0 Å². The number of carbonyl (C=O) groups is 1. The average Bonchev–Trinajstić information content (AvgIpc) is 3.32. The maximum Gasteiger partial charge on any atom is 0.354 e. The number of carbonyl (C=O) groups excluding carboxylic acids is 1. The Hall–Kier alpha value is -2.49. The van der Waals surface area contributed by atoms with E-state index in [9.17, 15) is 4.79 Å². The topological polar surface area (TPSA) is 78.6 Å². The molecule has 7 nitrogen and oxygen atoms in total. The van der Waals surface area contributed by atoms with Gasteiger partial charge in [-0.3, -0.25) is 4.40 Å². The number of thiazole rings is 1. The number of imidazole rings is 1. The molecule has 154 valence electrons. The summed E-state index contributed by atoms with van der Waals surface area (Å²) in [4.78, 5) is 26.0. The van der Waals surface area contributed by atoms with E-state index in [1.54, 1.807) is 31.6 Å². The first-order valence-electron chi connectivity index (χ1n) is 9.06. The second-order valence-corrected chi connectivity index (χ2v) is 8.46. The monoisotopic (exact) mass is 506 g/mol. The molecule has 3 aromatic heterocycles. The van der Waals surface area contributed by atoms with Crippen molar-refractivity contribution in [1.29, 1.82) is 0 Å². The van der Waals surface area contributed by atoms with Crippen LogP contribution in [-0.4, -0.2) is 31.9 Å². The van der Waals surface area contributed by atoms with E-state index in [-0.39, 0.29) is 17.4 Å². The molecule has 0 fully saturated rings. The smallest absolute Gasteiger partial charge is 0.354 e. The number of halogens is 2. The first-order chi connectivity index (χ1) is 14.5. The molecule has 0 unspecified atom stereocenters. The van der Waals surface area contributed by atoms with E-state index < -0.39 is 12.1 Å². The van der Waals surface area contributed by atoms with Gasteiger partial charge in [-0.1, -0.05) is 29.8 Å². The van der Waals surface area contributed by atoms with Crippen LogP contribution in [0.25, 0.3) is 16.3 Å². The van der Waals surface area contributed by atoms with Crippen LogP contribution in [0.15, 0.2) is 47.5 Å². The van der Waals surface area contributed by atoms with Gasteiger partial charge in [0, 0.05) is 16.8 Å². The third-order valence-corrected chi connectivity index (χ3v) is 6.06. The largest absolute Gasteiger partial charge is 0.468 e. The van der Waals surface area contributed by atoms with E-state index in [0.717, 1.165) is 5.56 Å². The summed E-state index contributed by atoms with van der Waals surface area (Å²) < 4.78 is 13.8. The van der Waals surface area contributed by atoms with Gasteiger partial charge in [0.2, 0.25) is 5.88 Å². The first kappa shape index (κ1) is 20.8. The highest BCUT2D eigenvalue weighted by Gasteiger charge is 2.25. The van der Waals surface area contributed by atoms with Crippen molar-refractivity contribution in [3.05, 3.63) is 62.9 Å². The first-order valence-corrected chi connectivity index (χ1v) is 11.0. The predicted octanol–water partition coefficient (Wildman–Crippen LogP) is 5.59. The van der Waals surface area contributed by atoms with E-state index in [1.807, 2.05) is 29.5 Å². The number of benzene rings is 1. The Balaban J connectivity index is 1.76. The maximum absolute atomic E-state index is 12.6. The average molecular weight is 508 g/mol. The second kappa shape index (κ2) is 8.71. The van der Waals surface area contributed by atoms with Crippen LogP contribution in [0.5, 0.6) is 5.88 Å². The van der Waals surface area contributed by atoms with Gasteiger partial charge in [0.15, 0.2) is 10.5 Å². The molecular formula is C20H16BrClN4O3S. The Morgan fingerprint density at radius 3 is 2.87 bits per heavy atom. The molecule has 10 heteroatoms. The fourth-order valence-electron chi connectivity index (χ4n) is 2.88. The molecule has 3 heterocycles. The molecule has 0 N–H and O–H groups in total. The number of esters is 1. The van der Waals surface area contributed by atoms with Crippen LogP contribution in [0, 0.1) is 0 Å². The van der Waals surface area contributed by atoms with Gasteiger partial charge in [-0.25, -0.2) is 14.8 Å². The molecule has 0 saturated carbocycles. The van der Waals surface area contributed by atoms with Crippen molar-refractivity contribution in [2.45, 2.75) is 20.0 Å². The minimum atomic E-state index is -0.487. The summed E-state index contributed by atoms with van der Waals surface area (Å²) in [6, 6.07) is 7.39. The zero-order valence-corrected chi connectivity index (χ0v) is 19.2. The Labute approximate surface area is 189 Å². The molecule has 0 amide bonds. The number of ether oxygens (including phenoxy) is 2. The summed E-state index contributed by atoms with van der Waals surface area (Å²) in [6.07, 6.45) is 4.70. The highest BCUT2D eigenvalue weighted by molar-refractivity contribution is 9.10. The lowest BCUT2D eigenvalue weighted by molar-refractivity contribution is 0.0525. The summed E-state index contributed by atoms with van der Waals surface area (Å²) in [7, 11) is 0. The molecule has 0 spiro atoms. The molecule has 4 rings (SSSR count). The van der Waals surface area contributed by atoms with Gasteiger partial charge in [0.1, 0.15) is 21.4 Å². The lowest BCUT2D eigenvalue weighted by Gasteiger charge is -2.15. The van der Waals surface area contributed by atoms with Crippen LogP contribution in [-0.2, 0) is 4.74 Å². The van der Waals surface area contributed by atoms with E-state index in [0.29, 0.717) is 26.0 Å². The lowest BCUT2D eigenvalue weighted by atomic mass is 10.1. The zero-order valence-electron chi connectivity index (χ0n) is 16.0. The third-order valence-electron chi connectivity index (χ3n) is 4.27. The van der Waals surface area contributed by atoms with Gasteiger partial charge < -0.3 is 9.47 Å². The molecular weight excluding hydrogens is 492 g/mol. The van der Waals surface area contributed by atoms with Gasteiger partial charge in [0.05, 0.1) is 19.0 Å². The Kier molecular flexibility index (Phi) is 6.03. The predicted molar refractivity (Wildman–Crippen MR) is 118 cm³/mol. The fourth-order valence-corrected chi connectivity index (χ4v) is 4.38. The van der Waals surface area contributed by atoms with Gasteiger partial charge in [-0.2, -0.15) is 4.98 Å². The van der Waals surface area contributed by atoms with E-state index in [2.05, 4.69) is 30.9 Å². The van der Waals surface area contributed by atoms with Gasteiger partial charge in [-0.15, -0.1) is 11.3 Å². The molecule has 0 aliphatic heterocycles. The molecule has 0 radical (unpaired) electrons. The summed E-state index contributed by atoms with van der Waals surface area (Å²) in [5.41, 5.74) is 2.17. The molecule has 0 saturated heterocycles. The molecule has 1 atom stereocenters. The number of hydrogen-bond donors (Lipinski definition) is 0. The third kappa shape index (κ3) is 4.05. The molecule has 30 heavy (non-hydrogen) atoms. The molecule has 0 aliphatic rings. The van der Waals surface area contributed by atoms with Crippen LogP contribution >= 0.6 is 38.9 Å². The highest BCUT2D eigenvalue weighted by Crippen LogP contribution is 2.36. The number of aromatic nitrogens is 4. The Bertz CT molecular complexity index is 1230. The van der Waals surface area contributed by atoms with E-state index >= 15 is 0 Å². The van der Waals surface area contributed by atoms with Crippen LogP contribution in [0.4, 0.5) is 0 Å². The van der Waals surface area contributed by atoms with Crippen molar-refractivity contribution in [2.24, 2.45) is 0 Å². The number of fused-ring (bicyclic) bond motifs is 1. The number of nitrogens with zero attached hydrogens (tertiary/aromatic N) is 4. The van der Waals surface area contributed by atoms with Gasteiger partial charge in [-0.05, 0) is 35.8 Å². The van der Waals surface area contributed by atoms with Gasteiger partial charge in [0.25, 0.3) is 0 Å². The highest BCUT2D eigenvalue weighted by atomic mass is 79.9. The normalized spacial score (nSPS) is 12.1. The quantitative estimate of drug-likeness (QED) is 0.317. The van der Waals surface area contributed by atoms with Crippen LogP contribution in [0.2, 0.25) is 5.02 Å². The maximum atomic E-state index is 12.6. The van der Waals surface area contributed by atoms with Crippen molar-refractivity contribution in [3.8, 4) is 16.6 Å². The minimum Gasteiger partial charge on any atom is -0.468 e. The minimum absolute atomic E-state index is 0.198. The Morgan fingerprint density at radius 2 is 2.10 bits per heavy atom. The van der Waals surface area contributed by atoms with Gasteiger partial charge >= 0.3 is 5.97 Å². The van der Waals surface area contributed by atoms with E-state index in [4.69, 9.17) is 21.1 Å². The van der Waals surface area contributed by atoms with Crippen LogP contribution in [0.3, 0.4) is 0 Å². The van der Waals surface area contributed by atoms with Crippen molar-refractivity contribution in [2.75, 3.05) is 6.61 Å². The van der Waals surface area contributed by atoms with E-state index in [1.165, 1.54) is 11.3 Å². The molecule has 0 aliphatic carbocycles. The summed E-state index contributed by atoms with van der Waals surface area (Å²) in [5, 5.41) is 1.15. The fraction of sp³-hybridized carbons (Fsp3) is 0.200. The lowest BCUT2D eigenvalue weighted by Crippen LogP contribution is -2.09.